The van der Waals surface area contributed by atoms with Crippen molar-refractivity contribution in [1.29, 1.82) is 0 Å². The van der Waals surface area contributed by atoms with E-state index in [1.807, 2.05) is 19.1 Å². The Morgan fingerprint density at radius 1 is 1.37 bits per heavy atom. The van der Waals surface area contributed by atoms with E-state index in [0.717, 1.165) is 17.7 Å². The van der Waals surface area contributed by atoms with Crippen LogP contribution in [0.1, 0.15) is 18.9 Å². The van der Waals surface area contributed by atoms with E-state index in [-0.39, 0.29) is 5.69 Å². The highest BCUT2D eigenvalue weighted by molar-refractivity contribution is 7.99. The van der Waals surface area contributed by atoms with Gasteiger partial charge in [-0.3, -0.25) is 4.57 Å². The highest BCUT2D eigenvalue weighted by atomic mass is 32.2. The van der Waals surface area contributed by atoms with Gasteiger partial charge in [-0.25, -0.2) is 9.89 Å². The lowest BCUT2D eigenvalue weighted by Gasteiger charge is -2.04. The number of hydrogen-bond acceptors (Lipinski definition) is 4. The van der Waals surface area contributed by atoms with Crippen LogP contribution in [0.2, 0.25) is 0 Å². The van der Waals surface area contributed by atoms with Crippen LogP contribution in [0.25, 0.3) is 0 Å². The average molecular weight is 278 g/mol. The molecule has 0 unspecified atom stereocenters. The minimum absolute atomic E-state index is 0.149. The largest absolute Gasteiger partial charge is 0.343 e. The molecule has 2 aromatic rings. The summed E-state index contributed by atoms with van der Waals surface area (Å²) in [4.78, 5) is 12.6. The summed E-state index contributed by atoms with van der Waals surface area (Å²) in [6.45, 7) is 3.38. The molecule has 0 saturated heterocycles. The topological polar surface area (TPSA) is 76.7 Å². The zero-order valence-electron chi connectivity index (χ0n) is 10.9. The van der Waals surface area contributed by atoms with Crippen molar-refractivity contribution >= 4 is 11.8 Å². The molecule has 0 saturated carbocycles. The smallest absolute Gasteiger partial charge is 0.330 e. The van der Waals surface area contributed by atoms with Crippen molar-refractivity contribution in [2.75, 3.05) is 6.54 Å². The van der Waals surface area contributed by atoms with Crippen LogP contribution in [0.15, 0.2) is 39.1 Å². The number of nitrogens with one attached hydrogen (secondary N) is 1. The monoisotopic (exact) mass is 278 g/mol. The summed E-state index contributed by atoms with van der Waals surface area (Å²) < 4.78 is 1.67. The summed E-state index contributed by atoms with van der Waals surface area (Å²) in [5.41, 5.74) is 6.59. The minimum Gasteiger partial charge on any atom is -0.330 e. The standard InChI is InChI=1S/C13H18N4OS/c1-2-9-17-12(18)15-16-13(17)19-11-5-3-10(4-6-11)7-8-14/h3-6H,2,7-9,14H2,1H3,(H,15,18). The Labute approximate surface area is 116 Å². The number of hydrogen-bond donors (Lipinski definition) is 2. The quantitative estimate of drug-likeness (QED) is 0.842. The fourth-order valence-corrected chi connectivity index (χ4v) is 2.66. The second kappa shape index (κ2) is 6.58. The third-order valence-electron chi connectivity index (χ3n) is 2.74. The summed E-state index contributed by atoms with van der Waals surface area (Å²) in [5, 5.41) is 7.26. The molecule has 3 N–H and O–H groups in total. The van der Waals surface area contributed by atoms with E-state index in [9.17, 15) is 4.79 Å². The van der Waals surface area contributed by atoms with Gasteiger partial charge in [-0.05, 0) is 48.8 Å². The molecule has 0 amide bonds. The van der Waals surface area contributed by atoms with Crippen LogP contribution in [0.4, 0.5) is 0 Å². The van der Waals surface area contributed by atoms with Crippen molar-refractivity contribution in [3.8, 4) is 0 Å². The molecule has 19 heavy (non-hydrogen) atoms. The number of rotatable bonds is 6. The summed E-state index contributed by atoms with van der Waals surface area (Å²) in [6, 6.07) is 8.18. The fraction of sp³-hybridized carbons (Fsp3) is 0.385. The first-order valence-electron chi connectivity index (χ1n) is 6.36. The van der Waals surface area contributed by atoms with Gasteiger partial charge in [0.05, 0.1) is 0 Å². The van der Waals surface area contributed by atoms with Gasteiger partial charge in [-0.2, -0.15) is 0 Å². The van der Waals surface area contributed by atoms with Crippen molar-refractivity contribution in [2.45, 2.75) is 36.4 Å². The predicted molar refractivity (Wildman–Crippen MR) is 76.5 cm³/mol. The molecular formula is C13H18N4OS. The number of H-pyrrole nitrogens is 1. The molecule has 0 radical (unpaired) electrons. The lowest BCUT2D eigenvalue weighted by molar-refractivity contribution is 0.604. The van der Waals surface area contributed by atoms with E-state index >= 15 is 0 Å². The van der Waals surface area contributed by atoms with E-state index in [0.29, 0.717) is 18.2 Å². The summed E-state index contributed by atoms with van der Waals surface area (Å²) in [5.74, 6) is 0. The van der Waals surface area contributed by atoms with E-state index in [1.54, 1.807) is 4.57 Å². The molecule has 1 heterocycles. The molecule has 0 spiro atoms. The molecule has 6 heteroatoms. The Morgan fingerprint density at radius 2 is 2.11 bits per heavy atom. The van der Waals surface area contributed by atoms with Gasteiger partial charge in [-0.15, -0.1) is 5.10 Å². The van der Waals surface area contributed by atoms with E-state index in [1.165, 1.54) is 17.3 Å². The van der Waals surface area contributed by atoms with E-state index in [4.69, 9.17) is 5.73 Å². The molecule has 0 fully saturated rings. The normalized spacial score (nSPS) is 10.8. The van der Waals surface area contributed by atoms with Gasteiger partial charge in [0.25, 0.3) is 0 Å². The molecule has 0 atom stereocenters. The zero-order valence-corrected chi connectivity index (χ0v) is 11.7. The maximum absolute atomic E-state index is 11.6. The third-order valence-corrected chi connectivity index (χ3v) is 3.74. The molecule has 0 bridgehead atoms. The third kappa shape index (κ3) is 3.48. The number of nitrogens with two attached hydrogens (primary N) is 1. The Hall–Kier alpha value is -1.53. The Kier molecular flexibility index (Phi) is 4.81. The Balaban J connectivity index is 2.14. The lowest BCUT2D eigenvalue weighted by Crippen LogP contribution is -2.17. The summed E-state index contributed by atoms with van der Waals surface area (Å²) >= 11 is 1.49. The van der Waals surface area contributed by atoms with Gasteiger partial charge in [-0.1, -0.05) is 19.1 Å². The minimum atomic E-state index is -0.149. The van der Waals surface area contributed by atoms with Crippen LogP contribution < -0.4 is 11.4 Å². The number of aromatic amines is 1. The summed E-state index contributed by atoms with van der Waals surface area (Å²) in [6.07, 6.45) is 1.79. The number of aromatic nitrogens is 3. The van der Waals surface area contributed by atoms with Crippen molar-refractivity contribution in [3.63, 3.8) is 0 Å². The molecule has 5 nitrogen and oxygen atoms in total. The van der Waals surface area contributed by atoms with Crippen LogP contribution in [-0.4, -0.2) is 21.3 Å². The van der Waals surface area contributed by atoms with E-state index < -0.39 is 0 Å². The second-order valence-corrected chi connectivity index (χ2v) is 5.29. The van der Waals surface area contributed by atoms with Crippen molar-refractivity contribution in [3.05, 3.63) is 40.3 Å². The van der Waals surface area contributed by atoms with Crippen LogP contribution >= 0.6 is 11.8 Å². The zero-order chi connectivity index (χ0) is 13.7. The van der Waals surface area contributed by atoms with Crippen LogP contribution in [-0.2, 0) is 13.0 Å². The fourth-order valence-electron chi connectivity index (χ4n) is 1.80. The van der Waals surface area contributed by atoms with Gasteiger partial charge in [0.2, 0.25) is 0 Å². The van der Waals surface area contributed by atoms with Crippen LogP contribution in [0, 0.1) is 0 Å². The van der Waals surface area contributed by atoms with Gasteiger partial charge in [0.15, 0.2) is 5.16 Å². The first kappa shape index (κ1) is 13.9. The molecule has 0 aliphatic heterocycles. The van der Waals surface area contributed by atoms with Crippen molar-refractivity contribution in [1.82, 2.24) is 14.8 Å². The van der Waals surface area contributed by atoms with E-state index in [2.05, 4.69) is 22.3 Å². The van der Waals surface area contributed by atoms with Gasteiger partial charge < -0.3 is 5.73 Å². The SMILES string of the molecule is CCCn1c(Sc2ccc(CCN)cc2)n[nH]c1=O. The van der Waals surface area contributed by atoms with Crippen LogP contribution in [0.5, 0.6) is 0 Å². The van der Waals surface area contributed by atoms with Gasteiger partial charge >= 0.3 is 5.69 Å². The highest BCUT2D eigenvalue weighted by Crippen LogP contribution is 2.25. The molecule has 0 aliphatic rings. The molecule has 1 aromatic carbocycles. The first-order valence-corrected chi connectivity index (χ1v) is 7.18. The molecule has 0 aliphatic carbocycles. The van der Waals surface area contributed by atoms with Crippen molar-refractivity contribution in [2.24, 2.45) is 5.73 Å². The average Bonchev–Trinajstić information content (AvgIpc) is 2.75. The number of nitrogens with zero attached hydrogens (tertiary/aromatic N) is 2. The molecular weight excluding hydrogens is 260 g/mol. The van der Waals surface area contributed by atoms with Crippen molar-refractivity contribution < 1.29 is 0 Å². The number of benzene rings is 1. The van der Waals surface area contributed by atoms with Gasteiger partial charge in [0, 0.05) is 11.4 Å². The predicted octanol–water partition coefficient (Wildman–Crippen LogP) is 1.63. The molecule has 1 aromatic heterocycles. The Morgan fingerprint density at radius 3 is 2.74 bits per heavy atom. The van der Waals surface area contributed by atoms with Gasteiger partial charge in [0.1, 0.15) is 0 Å². The molecule has 102 valence electrons. The lowest BCUT2D eigenvalue weighted by atomic mass is 10.2. The van der Waals surface area contributed by atoms with Crippen LogP contribution in [0.3, 0.4) is 0 Å². The maximum atomic E-state index is 11.6. The second-order valence-electron chi connectivity index (χ2n) is 4.25. The Bertz CT molecular complexity index is 573. The first-order chi connectivity index (χ1) is 9.24. The summed E-state index contributed by atoms with van der Waals surface area (Å²) in [7, 11) is 0. The molecule has 2 rings (SSSR count). The maximum Gasteiger partial charge on any atom is 0.343 e. The highest BCUT2D eigenvalue weighted by Gasteiger charge is 2.08.